The highest BCUT2D eigenvalue weighted by Gasteiger charge is 2.33. The fourth-order valence-corrected chi connectivity index (χ4v) is 5.26. The van der Waals surface area contributed by atoms with Gasteiger partial charge < -0.3 is 4.90 Å². The zero-order valence-corrected chi connectivity index (χ0v) is 13.8. The molecule has 2 aromatic rings. The van der Waals surface area contributed by atoms with E-state index < -0.39 is 9.84 Å². The fraction of sp³-hybridized carbons (Fsp3) is 0.667. The van der Waals surface area contributed by atoms with Gasteiger partial charge in [0.2, 0.25) is 10.9 Å². The Morgan fingerprint density at radius 2 is 2.36 bits per heavy atom. The van der Waals surface area contributed by atoms with E-state index in [-0.39, 0.29) is 23.5 Å². The number of nitrogens with zero attached hydrogens (tertiary/aromatic N) is 5. The van der Waals surface area contributed by atoms with E-state index in [0.717, 1.165) is 5.01 Å². The van der Waals surface area contributed by atoms with Crippen molar-refractivity contribution in [2.24, 2.45) is 0 Å². The Morgan fingerprint density at radius 3 is 3.00 bits per heavy atom. The second-order valence-corrected chi connectivity index (χ2v) is 8.56. The van der Waals surface area contributed by atoms with E-state index in [9.17, 15) is 13.2 Å². The Labute approximate surface area is 132 Å². The van der Waals surface area contributed by atoms with Crippen molar-refractivity contribution in [3.63, 3.8) is 0 Å². The molecule has 0 aromatic carbocycles. The van der Waals surface area contributed by atoms with Gasteiger partial charge in [0.15, 0.2) is 9.84 Å². The first kappa shape index (κ1) is 15.3. The number of hydrogen-bond donors (Lipinski definition) is 0. The number of aromatic nitrogens is 4. The van der Waals surface area contributed by atoms with Crippen LogP contribution in [0.15, 0.2) is 6.33 Å². The molecule has 10 heteroatoms. The average Bonchev–Trinajstić information content (AvgIpc) is 3.11. The van der Waals surface area contributed by atoms with Crippen LogP contribution in [0.5, 0.6) is 0 Å². The molecule has 0 spiro atoms. The molecule has 1 atom stereocenters. The minimum atomic E-state index is -2.98. The molecule has 22 heavy (non-hydrogen) atoms. The monoisotopic (exact) mass is 343 g/mol. The summed E-state index contributed by atoms with van der Waals surface area (Å²) in [6, 6.07) is -0.180. The molecule has 0 N–H and O–H groups in total. The van der Waals surface area contributed by atoms with Gasteiger partial charge >= 0.3 is 0 Å². The number of carbonyl (C=O) groups is 1. The lowest BCUT2D eigenvalue weighted by molar-refractivity contribution is -0.132. The summed E-state index contributed by atoms with van der Waals surface area (Å²) >= 11 is 1.41. The standard InChI is InChI=1S/C12H17N5O3S2/c1-2-16(9-5-6-22(19,20)7-9)11(18)4-3-10-15-17-8-13-14-12(17)21-10/h8-9H,2-7H2,1H3. The van der Waals surface area contributed by atoms with Crippen molar-refractivity contribution >= 4 is 32.0 Å². The summed E-state index contributed by atoms with van der Waals surface area (Å²) in [5.74, 6) is 0.247. The minimum absolute atomic E-state index is 0.0180. The summed E-state index contributed by atoms with van der Waals surface area (Å²) in [4.78, 5) is 14.8. The normalized spacial score (nSPS) is 20.5. The van der Waals surface area contributed by atoms with Gasteiger partial charge in [0.25, 0.3) is 0 Å². The quantitative estimate of drug-likeness (QED) is 0.767. The van der Waals surface area contributed by atoms with Crippen molar-refractivity contribution in [3.05, 3.63) is 11.3 Å². The Kier molecular flexibility index (Phi) is 4.13. The van der Waals surface area contributed by atoms with Gasteiger partial charge in [-0.1, -0.05) is 11.3 Å². The van der Waals surface area contributed by atoms with E-state index in [0.29, 0.717) is 30.8 Å². The smallest absolute Gasteiger partial charge is 0.234 e. The van der Waals surface area contributed by atoms with Crippen LogP contribution < -0.4 is 0 Å². The van der Waals surface area contributed by atoms with Crippen molar-refractivity contribution in [2.75, 3.05) is 18.1 Å². The summed E-state index contributed by atoms with van der Waals surface area (Å²) in [6.45, 7) is 2.41. The maximum Gasteiger partial charge on any atom is 0.234 e. The lowest BCUT2D eigenvalue weighted by atomic mass is 10.2. The van der Waals surface area contributed by atoms with Crippen LogP contribution in [-0.4, -0.2) is 63.1 Å². The lowest BCUT2D eigenvalue weighted by Gasteiger charge is -2.26. The van der Waals surface area contributed by atoms with Gasteiger partial charge in [-0.2, -0.15) is 9.61 Å². The third kappa shape index (κ3) is 3.12. The van der Waals surface area contributed by atoms with Crippen LogP contribution >= 0.6 is 11.3 Å². The summed E-state index contributed by atoms with van der Waals surface area (Å²) in [5.41, 5.74) is 0. The topological polar surface area (TPSA) is 97.5 Å². The van der Waals surface area contributed by atoms with Crippen LogP contribution in [0.25, 0.3) is 4.96 Å². The van der Waals surface area contributed by atoms with Crippen LogP contribution in [0.3, 0.4) is 0 Å². The molecule has 0 bridgehead atoms. The van der Waals surface area contributed by atoms with Crippen LogP contribution in [-0.2, 0) is 21.1 Å². The predicted octanol–water partition coefficient (Wildman–Crippen LogP) is 0.154. The Hall–Kier alpha value is -1.55. The molecule has 3 heterocycles. The highest BCUT2D eigenvalue weighted by atomic mass is 32.2. The molecule has 1 aliphatic heterocycles. The van der Waals surface area contributed by atoms with Gasteiger partial charge in [0.05, 0.1) is 11.5 Å². The molecule has 0 saturated carbocycles. The van der Waals surface area contributed by atoms with E-state index in [1.807, 2.05) is 6.92 Å². The second-order valence-electron chi connectivity index (χ2n) is 5.29. The first-order valence-corrected chi connectivity index (χ1v) is 9.78. The van der Waals surface area contributed by atoms with Crippen LogP contribution in [0.2, 0.25) is 0 Å². The number of rotatable bonds is 5. The highest BCUT2D eigenvalue weighted by molar-refractivity contribution is 7.91. The van der Waals surface area contributed by atoms with E-state index >= 15 is 0 Å². The fourth-order valence-electron chi connectivity index (χ4n) is 2.72. The molecule has 1 saturated heterocycles. The van der Waals surface area contributed by atoms with Crippen LogP contribution in [0, 0.1) is 0 Å². The molecule has 1 unspecified atom stereocenters. The van der Waals surface area contributed by atoms with Crippen LogP contribution in [0.4, 0.5) is 0 Å². The first-order chi connectivity index (χ1) is 10.5. The number of hydrogen-bond acceptors (Lipinski definition) is 7. The molecule has 2 aromatic heterocycles. The third-order valence-electron chi connectivity index (χ3n) is 3.79. The maximum atomic E-state index is 12.4. The van der Waals surface area contributed by atoms with Gasteiger partial charge in [-0.25, -0.2) is 8.42 Å². The molecule has 1 fully saturated rings. The molecule has 1 aliphatic rings. The van der Waals surface area contributed by atoms with Gasteiger partial charge in [-0.15, -0.1) is 10.2 Å². The number of amides is 1. The first-order valence-electron chi connectivity index (χ1n) is 7.14. The Morgan fingerprint density at radius 1 is 1.55 bits per heavy atom. The van der Waals surface area contributed by atoms with Crippen molar-refractivity contribution in [1.29, 1.82) is 0 Å². The van der Waals surface area contributed by atoms with Gasteiger partial charge in [-0.3, -0.25) is 4.79 Å². The number of carbonyl (C=O) groups excluding carboxylic acids is 1. The molecule has 120 valence electrons. The zero-order valence-electron chi connectivity index (χ0n) is 12.2. The number of aryl methyl sites for hydroxylation is 1. The molecule has 8 nitrogen and oxygen atoms in total. The Bertz CT molecular complexity index is 753. The molecular weight excluding hydrogens is 326 g/mol. The van der Waals surface area contributed by atoms with Crippen molar-refractivity contribution < 1.29 is 13.2 Å². The highest BCUT2D eigenvalue weighted by Crippen LogP contribution is 2.19. The van der Waals surface area contributed by atoms with Gasteiger partial charge in [0, 0.05) is 25.4 Å². The molecular formula is C12H17N5O3S2. The van der Waals surface area contributed by atoms with Crippen molar-refractivity contribution in [2.45, 2.75) is 32.2 Å². The molecule has 1 amide bonds. The summed E-state index contributed by atoms with van der Waals surface area (Å²) in [6.07, 6.45) is 2.93. The zero-order chi connectivity index (χ0) is 15.7. The molecule has 0 aliphatic carbocycles. The molecule has 3 rings (SSSR count). The van der Waals surface area contributed by atoms with E-state index in [1.54, 1.807) is 9.42 Å². The number of fused-ring (bicyclic) bond motifs is 1. The average molecular weight is 343 g/mol. The van der Waals surface area contributed by atoms with Crippen molar-refractivity contribution in [1.82, 2.24) is 24.7 Å². The molecule has 0 radical (unpaired) electrons. The largest absolute Gasteiger partial charge is 0.339 e. The second kappa shape index (κ2) is 5.92. The minimum Gasteiger partial charge on any atom is -0.339 e. The Balaban J connectivity index is 1.61. The predicted molar refractivity (Wildman–Crippen MR) is 81.4 cm³/mol. The van der Waals surface area contributed by atoms with E-state index in [2.05, 4.69) is 15.3 Å². The summed E-state index contributed by atoms with van der Waals surface area (Å²) < 4.78 is 24.7. The number of sulfone groups is 1. The van der Waals surface area contributed by atoms with Gasteiger partial charge in [-0.05, 0) is 13.3 Å². The SMILES string of the molecule is CCN(C(=O)CCc1nn2cnnc2s1)C1CCS(=O)(=O)C1. The third-order valence-corrected chi connectivity index (χ3v) is 6.51. The van der Waals surface area contributed by atoms with E-state index in [1.165, 1.54) is 17.7 Å². The summed E-state index contributed by atoms with van der Waals surface area (Å²) in [5, 5.41) is 12.8. The maximum absolute atomic E-state index is 12.4. The van der Waals surface area contributed by atoms with Gasteiger partial charge in [0.1, 0.15) is 11.3 Å². The van der Waals surface area contributed by atoms with E-state index in [4.69, 9.17) is 0 Å². The van der Waals surface area contributed by atoms with Crippen LogP contribution in [0.1, 0.15) is 24.8 Å². The van der Waals surface area contributed by atoms with Crippen molar-refractivity contribution in [3.8, 4) is 0 Å². The summed E-state index contributed by atoms with van der Waals surface area (Å²) in [7, 11) is -2.98. The lowest BCUT2D eigenvalue weighted by Crippen LogP contribution is -2.41.